The van der Waals surface area contributed by atoms with Gasteiger partial charge in [0.1, 0.15) is 5.75 Å². The molecule has 2 N–H and O–H groups in total. The van der Waals surface area contributed by atoms with Crippen LogP contribution in [-0.2, 0) is 0 Å². The van der Waals surface area contributed by atoms with Crippen molar-refractivity contribution >= 4 is 17.1 Å². The Balaban J connectivity index is 1.66. The Morgan fingerprint density at radius 1 is 1.03 bits per heavy atom. The van der Waals surface area contributed by atoms with Crippen molar-refractivity contribution in [1.29, 1.82) is 0 Å². The second kappa shape index (κ2) is 10.5. The smallest absolute Gasteiger partial charge is 0.387 e. The van der Waals surface area contributed by atoms with E-state index in [-0.39, 0.29) is 5.75 Å². The zero-order chi connectivity index (χ0) is 22.4. The van der Waals surface area contributed by atoms with E-state index in [0.29, 0.717) is 17.3 Å². The number of halogens is 2. The highest BCUT2D eigenvalue weighted by Gasteiger charge is 2.22. The molecular weight excluding hydrogens is 394 g/mol. The quantitative estimate of drug-likeness (QED) is 0.429. The summed E-state index contributed by atoms with van der Waals surface area (Å²) in [6.07, 6.45) is 6.19. The highest BCUT2D eigenvalue weighted by atomic mass is 19.3. The second-order valence-electron chi connectivity index (χ2n) is 8.32. The number of nitrogens with one attached hydrogen (secondary N) is 2. The molecule has 0 heterocycles. The van der Waals surface area contributed by atoms with Crippen molar-refractivity contribution in [3.8, 4) is 5.75 Å². The van der Waals surface area contributed by atoms with Gasteiger partial charge in [-0.3, -0.25) is 0 Å². The van der Waals surface area contributed by atoms with E-state index in [1.165, 1.54) is 44.2 Å². The van der Waals surface area contributed by atoms with Gasteiger partial charge in [-0.15, -0.1) is 0 Å². The first-order chi connectivity index (χ1) is 14.9. The number of hydrogen-bond acceptors (Lipinski definition) is 3. The summed E-state index contributed by atoms with van der Waals surface area (Å²) in [4.78, 5) is 0. The molecule has 0 aromatic heterocycles. The van der Waals surface area contributed by atoms with Gasteiger partial charge in [0.25, 0.3) is 0 Å². The monoisotopic (exact) mass is 426 g/mol. The molecule has 0 unspecified atom stereocenters. The van der Waals surface area contributed by atoms with E-state index in [4.69, 9.17) is 0 Å². The minimum absolute atomic E-state index is 0.106. The number of anilines is 2. The van der Waals surface area contributed by atoms with Gasteiger partial charge in [0, 0.05) is 34.4 Å². The number of benzene rings is 2. The fourth-order valence-corrected chi connectivity index (χ4v) is 4.22. The normalized spacial score (nSPS) is 18.5. The van der Waals surface area contributed by atoms with Gasteiger partial charge in [-0.1, -0.05) is 38.6 Å². The topological polar surface area (TPSA) is 33.3 Å². The van der Waals surface area contributed by atoms with E-state index in [9.17, 15) is 8.78 Å². The number of ether oxygens (including phenoxy) is 1. The molecule has 0 amide bonds. The van der Waals surface area contributed by atoms with Gasteiger partial charge in [0.15, 0.2) is 0 Å². The zero-order valence-electron chi connectivity index (χ0n) is 18.4. The van der Waals surface area contributed by atoms with Crippen LogP contribution in [0.1, 0.15) is 50.2 Å². The van der Waals surface area contributed by atoms with Crippen LogP contribution in [0.15, 0.2) is 61.3 Å². The van der Waals surface area contributed by atoms with Crippen LogP contribution in [0.5, 0.6) is 5.75 Å². The predicted molar refractivity (Wildman–Crippen MR) is 125 cm³/mol. The molecule has 0 saturated heterocycles. The molecule has 0 spiro atoms. The average molecular weight is 427 g/mol. The fourth-order valence-electron chi connectivity index (χ4n) is 4.22. The van der Waals surface area contributed by atoms with Gasteiger partial charge in [-0.05, 0) is 74.3 Å². The summed E-state index contributed by atoms with van der Waals surface area (Å²) in [7, 11) is 0. The van der Waals surface area contributed by atoms with Gasteiger partial charge < -0.3 is 15.4 Å². The number of alkyl halides is 2. The maximum absolute atomic E-state index is 12.5. The largest absolute Gasteiger partial charge is 0.435 e. The molecular formula is C26H32F2N2O. The summed E-state index contributed by atoms with van der Waals surface area (Å²) in [6, 6.07) is 12.6. The number of allylic oxidation sites excluding steroid dienone is 1. The van der Waals surface area contributed by atoms with Gasteiger partial charge in [0.2, 0.25) is 0 Å². The Kier molecular flexibility index (Phi) is 7.72. The first-order valence-corrected chi connectivity index (χ1v) is 10.9. The lowest BCUT2D eigenvalue weighted by Crippen LogP contribution is -2.18. The third-order valence-corrected chi connectivity index (χ3v) is 6.14. The number of aryl methyl sites for hydroxylation is 1. The predicted octanol–water partition coefficient (Wildman–Crippen LogP) is 7.82. The van der Waals surface area contributed by atoms with E-state index in [1.54, 1.807) is 12.1 Å². The number of hydrogen-bond donors (Lipinski definition) is 2. The molecule has 1 saturated carbocycles. The summed E-state index contributed by atoms with van der Waals surface area (Å²) < 4.78 is 29.4. The van der Waals surface area contributed by atoms with Gasteiger partial charge in [-0.2, -0.15) is 8.78 Å². The van der Waals surface area contributed by atoms with Crippen LogP contribution >= 0.6 is 0 Å². The third kappa shape index (κ3) is 6.33. The summed E-state index contributed by atoms with van der Waals surface area (Å²) in [6.45, 7) is 9.88. The Bertz CT molecular complexity index is 917. The molecule has 3 rings (SSSR count). The van der Waals surface area contributed by atoms with Crippen LogP contribution in [0.3, 0.4) is 0 Å². The van der Waals surface area contributed by atoms with Crippen LogP contribution in [-0.4, -0.2) is 6.61 Å². The molecule has 1 aliphatic carbocycles. The van der Waals surface area contributed by atoms with Gasteiger partial charge >= 0.3 is 6.61 Å². The highest BCUT2D eigenvalue weighted by Crippen LogP contribution is 2.35. The summed E-state index contributed by atoms with van der Waals surface area (Å²) >= 11 is 0. The average Bonchev–Trinajstić information content (AvgIpc) is 2.74. The van der Waals surface area contributed by atoms with E-state index in [2.05, 4.69) is 35.5 Å². The van der Waals surface area contributed by atoms with Crippen LogP contribution in [0.25, 0.3) is 5.70 Å². The SMILES string of the molecule is C=C(Nc1cccc(OC(F)F)c1)c1cc(NC(=C)C2CCC(CC)CC2)ccc1C. The standard InChI is InChI=1S/C26H32F2N2O/c1-5-20-10-12-21(13-11-20)18(3)29-23-14-9-17(2)25(16-23)19(4)30-22-7-6-8-24(15-22)31-26(27)28/h6-9,14-16,20-21,26,29-30H,3-5,10-13H2,1-2H3. The van der Waals surface area contributed by atoms with Crippen molar-refractivity contribution in [2.45, 2.75) is 52.6 Å². The minimum atomic E-state index is -2.85. The lowest BCUT2D eigenvalue weighted by atomic mass is 9.79. The summed E-state index contributed by atoms with van der Waals surface area (Å²) in [5, 5.41) is 6.69. The van der Waals surface area contributed by atoms with Gasteiger partial charge in [0.05, 0.1) is 0 Å². The molecule has 166 valence electrons. The van der Waals surface area contributed by atoms with Crippen LogP contribution < -0.4 is 15.4 Å². The lowest BCUT2D eigenvalue weighted by molar-refractivity contribution is -0.0498. The summed E-state index contributed by atoms with van der Waals surface area (Å²) in [5.74, 6) is 1.47. The molecule has 2 aromatic carbocycles. The van der Waals surface area contributed by atoms with Crippen molar-refractivity contribution in [1.82, 2.24) is 0 Å². The zero-order valence-corrected chi connectivity index (χ0v) is 18.4. The van der Waals surface area contributed by atoms with E-state index in [0.717, 1.165) is 28.4 Å². The maximum atomic E-state index is 12.5. The maximum Gasteiger partial charge on any atom is 0.387 e. The van der Waals surface area contributed by atoms with Gasteiger partial charge in [-0.25, -0.2) is 0 Å². The first kappa shape index (κ1) is 22.9. The van der Waals surface area contributed by atoms with Crippen LogP contribution in [0.4, 0.5) is 20.2 Å². The van der Waals surface area contributed by atoms with Crippen molar-refractivity contribution in [3.05, 3.63) is 72.4 Å². The van der Waals surface area contributed by atoms with Crippen molar-refractivity contribution in [3.63, 3.8) is 0 Å². The minimum Gasteiger partial charge on any atom is -0.435 e. The lowest BCUT2D eigenvalue weighted by Gasteiger charge is -2.29. The Hall–Kier alpha value is -2.82. The molecule has 0 aliphatic heterocycles. The third-order valence-electron chi connectivity index (χ3n) is 6.14. The molecule has 0 atom stereocenters. The second-order valence-corrected chi connectivity index (χ2v) is 8.32. The Morgan fingerprint density at radius 2 is 1.74 bits per heavy atom. The Labute approximate surface area is 184 Å². The molecule has 2 aromatic rings. The molecule has 0 bridgehead atoms. The van der Waals surface area contributed by atoms with E-state index in [1.807, 2.05) is 25.1 Å². The number of rotatable bonds is 9. The van der Waals surface area contributed by atoms with Crippen LogP contribution in [0, 0.1) is 18.8 Å². The molecule has 5 heteroatoms. The van der Waals surface area contributed by atoms with E-state index >= 15 is 0 Å². The van der Waals surface area contributed by atoms with E-state index < -0.39 is 6.61 Å². The Morgan fingerprint density at radius 3 is 2.42 bits per heavy atom. The molecule has 1 aliphatic rings. The molecule has 0 radical (unpaired) electrons. The highest BCUT2D eigenvalue weighted by molar-refractivity contribution is 5.79. The van der Waals surface area contributed by atoms with Crippen molar-refractivity contribution in [2.75, 3.05) is 10.6 Å². The fraction of sp³-hybridized carbons (Fsp3) is 0.385. The summed E-state index contributed by atoms with van der Waals surface area (Å²) in [5.41, 5.74) is 5.38. The molecule has 1 fully saturated rings. The first-order valence-electron chi connectivity index (χ1n) is 10.9. The van der Waals surface area contributed by atoms with Crippen molar-refractivity contribution in [2.24, 2.45) is 11.8 Å². The van der Waals surface area contributed by atoms with Crippen LogP contribution in [0.2, 0.25) is 0 Å². The molecule has 31 heavy (non-hydrogen) atoms. The molecule has 3 nitrogen and oxygen atoms in total. The van der Waals surface area contributed by atoms with Crippen molar-refractivity contribution < 1.29 is 13.5 Å².